The molecule has 0 atom stereocenters. The van der Waals surface area contributed by atoms with Gasteiger partial charge in [0, 0.05) is 51.0 Å². The lowest BCUT2D eigenvalue weighted by molar-refractivity contribution is 0.0148. The molecule has 3 rings (SSSR count). The number of nitrogens with zero attached hydrogens (tertiary/aromatic N) is 5. The highest BCUT2D eigenvalue weighted by Gasteiger charge is 2.25. The van der Waals surface area contributed by atoms with Gasteiger partial charge in [-0.25, -0.2) is 9.78 Å². The number of rotatable bonds is 5. The molecular formula is C18H28N6O3S. The fourth-order valence-corrected chi connectivity index (χ4v) is 3.76. The second-order valence-corrected chi connectivity index (χ2v) is 8.73. The zero-order valence-corrected chi connectivity index (χ0v) is 17.7. The number of hydrogen-bond donors (Lipinski definition) is 1. The van der Waals surface area contributed by atoms with Crippen LogP contribution in [0.1, 0.15) is 33.4 Å². The van der Waals surface area contributed by atoms with Crippen LogP contribution in [0.25, 0.3) is 4.96 Å². The van der Waals surface area contributed by atoms with Crippen molar-refractivity contribution in [3.63, 3.8) is 0 Å². The molecule has 1 aliphatic rings. The summed E-state index contributed by atoms with van der Waals surface area (Å²) in [5.41, 5.74) is 0.164. The van der Waals surface area contributed by atoms with Crippen molar-refractivity contribution in [2.24, 2.45) is 0 Å². The zero-order valence-electron chi connectivity index (χ0n) is 16.9. The first kappa shape index (κ1) is 20.5. The Hall–Kier alpha value is -2.20. The number of aromatic nitrogens is 3. The van der Waals surface area contributed by atoms with Gasteiger partial charge < -0.3 is 15.0 Å². The van der Waals surface area contributed by atoms with Gasteiger partial charge in [-0.15, -0.1) is 5.10 Å². The van der Waals surface area contributed by atoms with Crippen LogP contribution < -0.4 is 10.9 Å². The third kappa shape index (κ3) is 5.20. The van der Waals surface area contributed by atoms with E-state index < -0.39 is 5.60 Å². The van der Waals surface area contributed by atoms with Gasteiger partial charge in [-0.2, -0.15) is 4.52 Å². The Labute approximate surface area is 168 Å². The number of amides is 1. The molecule has 0 bridgehead atoms. The first-order chi connectivity index (χ1) is 13.2. The Bertz CT molecular complexity index is 880. The van der Waals surface area contributed by atoms with Gasteiger partial charge in [0.15, 0.2) is 0 Å². The predicted molar refractivity (Wildman–Crippen MR) is 109 cm³/mol. The molecule has 0 aromatic carbocycles. The first-order valence-electron chi connectivity index (χ1n) is 9.59. The van der Waals surface area contributed by atoms with Gasteiger partial charge in [-0.3, -0.25) is 9.69 Å². The summed E-state index contributed by atoms with van der Waals surface area (Å²) in [5, 5.41) is 8.26. The van der Waals surface area contributed by atoms with Crippen molar-refractivity contribution in [3.05, 3.63) is 22.1 Å². The van der Waals surface area contributed by atoms with Gasteiger partial charge >= 0.3 is 6.09 Å². The number of aryl methyl sites for hydroxylation is 1. The van der Waals surface area contributed by atoms with E-state index in [1.54, 1.807) is 4.90 Å². The highest BCUT2D eigenvalue weighted by molar-refractivity contribution is 7.20. The maximum absolute atomic E-state index is 12.1. The van der Waals surface area contributed by atoms with Crippen molar-refractivity contribution in [3.8, 4) is 0 Å². The van der Waals surface area contributed by atoms with Crippen LogP contribution in [-0.4, -0.2) is 75.4 Å². The van der Waals surface area contributed by atoms with Crippen molar-refractivity contribution < 1.29 is 9.53 Å². The molecule has 1 aliphatic heterocycles. The molecule has 2 aromatic rings. The normalized spacial score (nSPS) is 15.8. The topological polar surface area (TPSA) is 92.1 Å². The van der Waals surface area contributed by atoms with Crippen molar-refractivity contribution in [1.29, 1.82) is 0 Å². The molecule has 28 heavy (non-hydrogen) atoms. The van der Waals surface area contributed by atoms with Gasteiger partial charge in [-0.05, 0) is 27.2 Å². The average Bonchev–Trinajstić information content (AvgIpc) is 3.04. The first-order valence-corrected chi connectivity index (χ1v) is 10.4. The number of hydrogen-bond acceptors (Lipinski definition) is 8. The number of fused-ring (bicyclic) bond motifs is 1. The molecule has 0 saturated carbocycles. The zero-order chi connectivity index (χ0) is 20.3. The third-order valence-electron chi connectivity index (χ3n) is 4.39. The summed E-state index contributed by atoms with van der Waals surface area (Å²) in [5.74, 6) is 0. The number of carbonyl (C=O) groups excluding carboxylic acids is 1. The standard InChI is InChI=1S/C18H28N6O3S/c1-5-13-12-14(25)24-16(20-13)28-15(21-24)19-6-7-22-8-10-23(11-9-22)17(26)27-18(2,3)4/h12H,5-11H2,1-4H3,(H,19,21). The highest BCUT2D eigenvalue weighted by Crippen LogP contribution is 2.16. The van der Waals surface area contributed by atoms with Crippen molar-refractivity contribution in [2.75, 3.05) is 44.6 Å². The van der Waals surface area contributed by atoms with Crippen LogP contribution in [0.15, 0.2) is 10.9 Å². The van der Waals surface area contributed by atoms with E-state index in [4.69, 9.17) is 4.74 Å². The van der Waals surface area contributed by atoms with Crippen LogP contribution >= 0.6 is 11.3 Å². The monoisotopic (exact) mass is 408 g/mol. The molecular weight excluding hydrogens is 380 g/mol. The van der Waals surface area contributed by atoms with Crippen LogP contribution in [0.3, 0.4) is 0 Å². The van der Waals surface area contributed by atoms with Gasteiger partial charge in [0.25, 0.3) is 5.56 Å². The van der Waals surface area contributed by atoms with Gasteiger partial charge in [0.1, 0.15) is 5.60 Å². The van der Waals surface area contributed by atoms with Crippen LogP contribution in [0.2, 0.25) is 0 Å². The molecule has 10 heteroatoms. The smallest absolute Gasteiger partial charge is 0.410 e. The van der Waals surface area contributed by atoms with Crippen molar-refractivity contribution >= 4 is 27.5 Å². The van der Waals surface area contributed by atoms with E-state index in [2.05, 4.69) is 20.3 Å². The summed E-state index contributed by atoms with van der Waals surface area (Å²) in [6, 6.07) is 1.53. The summed E-state index contributed by atoms with van der Waals surface area (Å²) < 4.78 is 6.76. The summed E-state index contributed by atoms with van der Waals surface area (Å²) in [6.07, 6.45) is 0.478. The number of nitrogens with one attached hydrogen (secondary N) is 1. The van der Waals surface area contributed by atoms with E-state index in [-0.39, 0.29) is 11.7 Å². The molecule has 3 heterocycles. The SMILES string of the molecule is CCc1cc(=O)n2nc(NCCN3CCN(C(=O)OC(C)(C)C)CC3)sc2n1. The van der Waals surface area contributed by atoms with Gasteiger partial charge in [0.05, 0.1) is 0 Å². The lowest BCUT2D eigenvalue weighted by Crippen LogP contribution is -2.50. The third-order valence-corrected chi connectivity index (χ3v) is 5.25. The molecule has 1 N–H and O–H groups in total. The molecule has 154 valence electrons. The number of carbonyl (C=O) groups is 1. The van der Waals surface area contributed by atoms with Crippen LogP contribution in [0.4, 0.5) is 9.93 Å². The Morgan fingerprint density at radius 2 is 2.00 bits per heavy atom. The van der Waals surface area contributed by atoms with E-state index in [0.29, 0.717) is 29.7 Å². The molecule has 0 spiro atoms. The predicted octanol–water partition coefficient (Wildman–Crippen LogP) is 1.68. The molecule has 1 amide bonds. The van der Waals surface area contributed by atoms with E-state index >= 15 is 0 Å². The Kier molecular flexibility index (Phi) is 6.19. The number of anilines is 1. The molecule has 1 fully saturated rings. The summed E-state index contributed by atoms with van der Waals surface area (Å²) >= 11 is 1.38. The van der Waals surface area contributed by atoms with E-state index in [1.807, 2.05) is 27.7 Å². The van der Waals surface area contributed by atoms with Crippen LogP contribution in [-0.2, 0) is 11.2 Å². The van der Waals surface area contributed by atoms with E-state index in [1.165, 1.54) is 21.9 Å². The summed E-state index contributed by atoms with van der Waals surface area (Å²) in [6.45, 7) is 12.1. The molecule has 0 unspecified atom stereocenters. The fraction of sp³-hybridized carbons (Fsp3) is 0.667. The van der Waals surface area contributed by atoms with Crippen molar-refractivity contribution in [2.45, 2.75) is 39.7 Å². The molecule has 2 aromatic heterocycles. The minimum atomic E-state index is -0.468. The molecule has 9 nitrogen and oxygen atoms in total. The minimum Gasteiger partial charge on any atom is -0.444 e. The summed E-state index contributed by atoms with van der Waals surface area (Å²) in [7, 11) is 0. The second kappa shape index (κ2) is 8.44. The highest BCUT2D eigenvalue weighted by atomic mass is 32.1. The average molecular weight is 409 g/mol. The van der Waals surface area contributed by atoms with Gasteiger partial charge in [-0.1, -0.05) is 18.3 Å². The lowest BCUT2D eigenvalue weighted by atomic mass is 10.2. The molecule has 0 radical (unpaired) electrons. The summed E-state index contributed by atoms with van der Waals surface area (Å²) in [4.78, 5) is 33.3. The fourth-order valence-electron chi connectivity index (χ4n) is 2.91. The van der Waals surface area contributed by atoms with Crippen LogP contribution in [0, 0.1) is 0 Å². The second-order valence-electron chi connectivity index (χ2n) is 7.78. The Morgan fingerprint density at radius 1 is 1.29 bits per heavy atom. The minimum absolute atomic E-state index is 0.149. The van der Waals surface area contributed by atoms with Crippen LogP contribution in [0.5, 0.6) is 0 Å². The Balaban J connectivity index is 1.46. The van der Waals surface area contributed by atoms with Gasteiger partial charge in [0.2, 0.25) is 10.1 Å². The van der Waals surface area contributed by atoms with E-state index in [9.17, 15) is 9.59 Å². The number of ether oxygens (including phenoxy) is 1. The maximum Gasteiger partial charge on any atom is 0.410 e. The Morgan fingerprint density at radius 3 is 2.64 bits per heavy atom. The molecule has 0 aliphatic carbocycles. The van der Waals surface area contributed by atoms with Crippen molar-refractivity contribution in [1.82, 2.24) is 24.4 Å². The van der Waals surface area contributed by atoms with E-state index in [0.717, 1.165) is 31.7 Å². The lowest BCUT2D eigenvalue weighted by Gasteiger charge is -2.35. The largest absolute Gasteiger partial charge is 0.444 e. The quantitative estimate of drug-likeness (QED) is 0.805. The molecule has 1 saturated heterocycles. The number of piperazine rings is 1. The maximum atomic E-state index is 12.1.